The second-order valence-electron chi connectivity index (χ2n) is 6.79. The molecule has 2 aromatic heterocycles. The van der Waals surface area contributed by atoms with Crippen LogP contribution in [0.1, 0.15) is 22.9 Å². The molecule has 1 aliphatic heterocycles. The maximum absolute atomic E-state index is 13.3. The Labute approximate surface area is 164 Å². The van der Waals surface area contributed by atoms with Crippen LogP contribution in [0.2, 0.25) is 5.02 Å². The Balaban J connectivity index is 2.04. The number of hydrogen-bond acceptors (Lipinski definition) is 4. The minimum absolute atomic E-state index is 0.0129. The largest absolute Gasteiger partial charge is 0.337 e. The normalized spacial score (nSPS) is 13.9. The molecule has 0 atom stereocenters. The smallest absolute Gasteiger partial charge is 0.336 e. The van der Waals surface area contributed by atoms with Gasteiger partial charge in [0.15, 0.2) is 0 Å². The number of rotatable bonds is 1. The van der Waals surface area contributed by atoms with Crippen LogP contribution in [0, 0.1) is 6.92 Å². The molecule has 0 bridgehead atoms. The molecule has 3 heterocycles. The monoisotopic (exact) mass is 403 g/mol. The number of carbonyl (C=O) groups excluding carboxylic acids is 1. The van der Waals surface area contributed by atoms with Gasteiger partial charge in [-0.15, -0.1) is 11.3 Å². The van der Waals surface area contributed by atoms with Gasteiger partial charge in [0, 0.05) is 30.4 Å². The summed E-state index contributed by atoms with van der Waals surface area (Å²) in [4.78, 5) is 41.4. The van der Waals surface area contributed by atoms with E-state index < -0.39 is 5.69 Å². The Bertz CT molecular complexity index is 1220. The summed E-state index contributed by atoms with van der Waals surface area (Å²) in [7, 11) is 1.67. The first kappa shape index (κ1) is 18.0. The Morgan fingerprint density at radius 2 is 2.00 bits per heavy atom. The second-order valence-corrected chi connectivity index (χ2v) is 8.31. The van der Waals surface area contributed by atoms with Gasteiger partial charge in [-0.3, -0.25) is 14.2 Å². The quantitative estimate of drug-likeness (QED) is 0.627. The molecule has 8 heteroatoms. The second kappa shape index (κ2) is 6.35. The lowest BCUT2D eigenvalue weighted by Crippen LogP contribution is -2.38. The fraction of sp³-hybridized carbons (Fsp3) is 0.316. The number of hydrogen-bond donors (Lipinski definition) is 0. The maximum atomic E-state index is 13.3. The van der Waals surface area contributed by atoms with Gasteiger partial charge in [0.2, 0.25) is 5.91 Å². The molecule has 0 fully saturated rings. The predicted molar refractivity (Wildman–Crippen MR) is 107 cm³/mol. The molecule has 1 aliphatic rings. The number of thiophene rings is 1. The van der Waals surface area contributed by atoms with Crippen molar-refractivity contribution in [2.45, 2.75) is 26.8 Å². The van der Waals surface area contributed by atoms with Gasteiger partial charge in [-0.1, -0.05) is 17.7 Å². The van der Waals surface area contributed by atoms with Crippen molar-refractivity contribution in [2.75, 3.05) is 6.54 Å². The zero-order chi connectivity index (χ0) is 19.5. The van der Waals surface area contributed by atoms with Crippen molar-refractivity contribution in [1.82, 2.24) is 14.0 Å². The number of nitrogens with zero attached hydrogens (tertiary/aromatic N) is 3. The van der Waals surface area contributed by atoms with Crippen LogP contribution in [0.4, 0.5) is 0 Å². The number of benzene rings is 1. The highest BCUT2D eigenvalue weighted by Crippen LogP contribution is 2.33. The molecule has 0 unspecified atom stereocenters. The molecule has 4 rings (SSSR count). The Morgan fingerprint density at radius 1 is 1.26 bits per heavy atom. The number of aryl methyl sites for hydroxylation is 2. The fourth-order valence-electron chi connectivity index (χ4n) is 3.59. The summed E-state index contributed by atoms with van der Waals surface area (Å²) in [6, 6.07) is 5.17. The van der Waals surface area contributed by atoms with Gasteiger partial charge >= 0.3 is 5.69 Å². The predicted octanol–water partition coefficient (Wildman–Crippen LogP) is 2.62. The van der Waals surface area contributed by atoms with Crippen molar-refractivity contribution in [3.63, 3.8) is 0 Å². The summed E-state index contributed by atoms with van der Waals surface area (Å²) in [6.07, 6.45) is 0.608. The maximum Gasteiger partial charge on any atom is 0.336 e. The van der Waals surface area contributed by atoms with Crippen molar-refractivity contribution < 1.29 is 4.79 Å². The van der Waals surface area contributed by atoms with E-state index in [9.17, 15) is 14.4 Å². The highest BCUT2D eigenvalue weighted by molar-refractivity contribution is 7.18. The van der Waals surface area contributed by atoms with E-state index in [1.807, 2.05) is 6.92 Å². The summed E-state index contributed by atoms with van der Waals surface area (Å²) >= 11 is 7.53. The van der Waals surface area contributed by atoms with E-state index >= 15 is 0 Å². The molecule has 0 radical (unpaired) electrons. The van der Waals surface area contributed by atoms with Gasteiger partial charge in [-0.2, -0.15) is 0 Å². The van der Waals surface area contributed by atoms with Crippen LogP contribution in [-0.2, 0) is 24.8 Å². The summed E-state index contributed by atoms with van der Waals surface area (Å²) in [5, 5.41) is 1.04. The summed E-state index contributed by atoms with van der Waals surface area (Å²) in [6.45, 7) is 4.44. The molecule has 0 aliphatic carbocycles. The van der Waals surface area contributed by atoms with Crippen LogP contribution in [0.25, 0.3) is 15.9 Å². The van der Waals surface area contributed by atoms with E-state index in [4.69, 9.17) is 11.6 Å². The number of halogens is 1. The highest BCUT2D eigenvalue weighted by atomic mass is 35.5. The molecule has 1 aromatic carbocycles. The van der Waals surface area contributed by atoms with Gasteiger partial charge in [0.05, 0.1) is 17.6 Å². The van der Waals surface area contributed by atoms with E-state index in [2.05, 4.69) is 0 Å². The average molecular weight is 404 g/mol. The van der Waals surface area contributed by atoms with Crippen LogP contribution in [-0.4, -0.2) is 26.5 Å². The minimum atomic E-state index is -0.403. The molecule has 3 aromatic rings. The fourth-order valence-corrected chi connectivity index (χ4v) is 5.06. The average Bonchev–Trinajstić information content (AvgIpc) is 3.01. The molecule has 6 nitrogen and oxygen atoms in total. The van der Waals surface area contributed by atoms with Crippen LogP contribution < -0.4 is 11.2 Å². The molecule has 27 heavy (non-hydrogen) atoms. The lowest BCUT2D eigenvalue weighted by Gasteiger charge is -2.25. The SMILES string of the molecule is CC(=O)N1CCc2c(sc3c2c(=O)n(-c2cc(Cl)ccc2C)c(=O)n3C)C1. The van der Waals surface area contributed by atoms with Crippen molar-refractivity contribution in [1.29, 1.82) is 0 Å². The highest BCUT2D eigenvalue weighted by Gasteiger charge is 2.27. The van der Waals surface area contributed by atoms with Gasteiger partial charge < -0.3 is 4.90 Å². The first-order valence-electron chi connectivity index (χ1n) is 8.58. The number of aromatic nitrogens is 2. The first-order chi connectivity index (χ1) is 12.8. The minimum Gasteiger partial charge on any atom is -0.337 e. The van der Waals surface area contributed by atoms with E-state index in [1.54, 1.807) is 37.1 Å². The topological polar surface area (TPSA) is 64.3 Å². The van der Waals surface area contributed by atoms with Crippen LogP contribution >= 0.6 is 22.9 Å². The summed E-state index contributed by atoms with van der Waals surface area (Å²) in [5.41, 5.74) is 1.51. The van der Waals surface area contributed by atoms with Gasteiger partial charge in [0.25, 0.3) is 5.56 Å². The Hall–Kier alpha value is -2.38. The van der Waals surface area contributed by atoms with E-state index in [0.29, 0.717) is 40.4 Å². The van der Waals surface area contributed by atoms with Gasteiger partial charge in [0.1, 0.15) is 4.83 Å². The van der Waals surface area contributed by atoms with Gasteiger partial charge in [-0.25, -0.2) is 9.36 Å². The molecular formula is C19H18ClN3O3S. The number of fused-ring (bicyclic) bond motifs is 3. The van der Waals surface area contributed by atoms with Crippen molar-refractivity contribution in [2.24, 2.45) is 7.05 Å². The third-order valence-corrected chi connectivity index (χ3v) is 6.62. The third kappa shape index (κ3) is 2.73. The lowest BCUT2D eigenvalue weighted by atomic mass is 10.1. The molecule has 0 saturated carbocycles. The number of amides is 1. The molecule has 0 saturated heterocycles. The van der Waals surface area contributed by atoms with Crippen LogP contribution in [0.15, 0.2) is 27.8 Å². The molecule has 1 amide bonds. The zero-order valence-electron chi connectivity index (χ0n) is 15.2. The standard InChI is InChI=1S/C19H18ClN3O3S/c1-10-4-5-12(20)8-14(10)23-17(25)16-13-6-7-22(11(2)24)9-15(13)27-18(16)21(3)19(23)26/h4-5,8H,6-7,9H2,1-3H3. The molecule has 140 valence electrons. The number of carbonyl (C=O) groups is 1. The van der Waals surface area contributed by atoms with Crippen molar-refractivity contribution >= 4 is 39.1 Å². The first-order valence-corrected chi connectivity index (χ1v) is 9.77. The van der Waals surface area contributed by atoms with E-state index in [-0.39, 0.29) is 11.5 Å². The molecule has 0 N–H and O–H groups in total. The van der Waals surface area contributed by atoms with Crippen LogP contribution in [0.3, 0.4) is 0 Å². The van der Waals surface area contributed by atoms with E-state index in [1.165, 1.54) is 20.5 Å². The van der Waals surface area contributed by atoms with Gasteiger partial charge in [-0.05, 0) is 36.6 Å². The Kier molecular flexibility index (Phi) is 4.24. The Morgan fingerprint density at radius 3 is 2.70 bits per heavy atom. The zero-order valence-corrected chi connectivity index (χ0v) is 16.8. The molecule has 0 spiro atoms. The summed E-state index contributed by atoms with van der Waals surface area (Å²) < 4.78 is 2.71. The van der Waals surface area contributed by atoms with E-state index in [0.717, 1.165) is 16.0 Å². The van der Waals surface area contributed by atoms with Crippen LogP contribution in [0.5, 0.6) is 0 Å². The third-order valence-electron chi connectivity index (χ3n) is 5.10. The lowest BCUT2D eigenvalue weighted by molar-refractivity contribution is -0.129. The van der Waals surface area contributed by atoms with Crippen molar-refractivity contribution in [3.05, 3.63) is 60.1 Å². The molecular weight excluding hydrogens is 386 g/mol. The van der Waals surface area contributed by atoms with Crippen molar-refractivity contribution in [3.8, 4) is 5.69 Å². The summed E-state index contributed by atoms with van der Waals surface area (Å²) in [5.74, 6) is 0.0129.